The molecule has 0 aromatic carbocycles. The summed E-state index contributed by atoms with van der Waals surface area (Å²) in [6, 6.07) is -0.0304. The van der Waals surface area contributed by atoms with Gasteiger partial charge in [-0.15, -0.1) is 36.2 Å². The van der Waals surface area contributed by atoms with Gasteiger partial charge in [-0.3, -0.25) is 9.59 Å². The summed E-state index contributed by atoms with van der Waals surface area (Å²) >= 11 is 1.62. The minimum atomic E-state index is -0.0304. The second-order valence-electron chi connectivity index (χ2n) is 7.50. The van der Waals surface area contributed by atoms with Gasteiger partial charge < -0.3 is 15.5 Å². The van der Waals surface area contributed by atoms with Gasteiger partial charge in [-0.1, -0.05) is 0 Å². The maximum absolute atomic E-state index is 12.7. The number of rotatable bonds is 5. The van der Waals surface area contributed by atoms with Crippen molar-refractivity contribution in [2.24, 2.45) is 5.92 Å². The highest BCUT2D eigenvalue weighted by atomic mass is 35.5. The summed E-state index contributed by atoms with van der Waals surface area (Å²) in [4.78, 5) is 31.3. The average Bonchev–Trinajstić information content (AvgIpc) is 3.14. The lowest BCUT2D eigenvalue weighted by Crippen LogP contribution is -2.46. The van der Waals surface area contributed by atoms with Crippen molar-refractivity contribution >= 4 is 48.0 Å². The quantitative estimate of drug-likeness (QED) is 0.746. The van der Waals surface area contributed by atoms with Gasteiger partial charge in [0, 0.05) is 30.9 Å². The highest BCUT2D eigenvalue weighted by Gasteiger charge is 2.30. The number of carbonyl (C=O) groups excluding carboxylic acids is 2. The molecule has 1 aromatic heterocycles. The summed E-state index contributed by atoms with van der Waals surface area (Å²) in [5.41, 5.74) is 0.603. The smallest absolute Gasteiger partial charge is 0.273 e. The lowest BCUT2D eigenvalue weighted by molar-refractivity contribution is -0.123. The molecule has 2 aliphatic heterocycles. The van der Waals surface area contributed by atoms with Crippen molar-refractivity contribution in [3.05, 3.63) is 16.1 Å². The van der Waals surface area contributed by atoms with E-state index in [4.69, 9.17) is 0 Å². The van der Waals surface area contributed by atoms with Crippen molar-refractivity contribution < 1.29 is 9.59 Å². The van der Waals surface area contributed by atoms with Crippen molar-refractivity contribution in [1.82, 2.24) is 20.5 Å². The van der Waals surface area contributed by atoms with Crippen molar-refractivity contribution in [3.63, 3.8) is 0 Å². The normalized spacial score (nSPS) is 24.7. The van der Waals surface area contributed by atoms with Gasteiger partial charge in [0.25, 0.3) is 5.91 Å². The Morgan fingerprint density at radius 3 is 2.74 bits per heavy atom. The number of likely N-dealkylation sites (tertiary alicyclic amines) is 1. The van der Waals surface area contributed by atoms with Crippen LogP contribution in [0.2, 0.25) is 0 Å². The third kappa shape index (κ3) is 5.56. The Bertz CT molecular complexity index is 647. The van der Waals surface area contributed by atoms with E-state index < -0.39 is 0 Å². The monoisotopic (exact) mass is 434 g/mol. The molecule has 3 aliphatic rings. The van der Waals surface area contributed by atoms with Gasteiger partial charge in [0.1, 0.15) is 5.69 Å². The van der Waals surface area contributed by atoms with Crippen LogP contribution in [0.1, 0.15) is 59.9 Å². The van der Waals surface area contributed by atoms with E-state index >= 15 is 0 Å². The molecule has 2 unspecified atom stereocenters. The first-order valence-electron chi connectivity index (χ1n) is 9.46. The molecular weight excluding hydrogens is 407 g/mol. The van der Waals surface area contributed by atoms with E-state index in [0.717, 1.165) is 43.8 Å². The highest BCUT2D eigenvalue weighted by molar-refractivity contribution is 7.10. The second-order valence-corrected chi connectivity index (χ2v) is 8.39. The maximum atomic E-state index is 12.7. The van der Waals surface area contributed by atoms with Crippen LogP contribution in [0.4, 0.5) is 0 Å². The first kappa shape index (κ1) is 22.4. The maximum Gasteiger partial charge on any atom is 0.273 e. The summed E-state index contributed by atoms with van der Waals surface area (Å²) in [7, 11) is 0. The topological polar surface area (TPSA) is 74.3 Å². The molecule has 4 rings (SSSR count). The Labute approximate surface area is 176 Å². The fourth-order valence-electron chi connectivity index (χ4n) is 3.76. The predicted molar refractivity (Wildman–Crippen MR) is 111 cm³/mol. The SMILES string of the molecule is Cl.Cl.O=C(NCC1CCCN(C(=O)c2csc(C3CC3)n2)C1)C1CCCN1. The molecule has 2 amide bonds. The highest BCUT2D eigenvalue weighted by Crippen LogP contribution is 2.41. The molecule has 2 N–H and O–H groups in total. The van der Waals surface area contributed by atoms with Gasteiger partial charge >= 0.3 is 0 Å². The number of carbonyl (C=O) groups is 2. The zero-order chi connectivity index (χ0) is 17.2. The number of halogens is 2. The van der Waals surface area contributed by atoms with Gasteiger partial charge in [-0.2, -0.15) is 0 Å². The number of hydrogen-bond donors (Lipinski definition) is 2. The van der Waals surface area contributed by atoms with E-state index in [2.05, 4.69) is 15.6 Å². The molecule has 27 heavy (non-hydrogen) atoms. The lowest BCUT2D eigenvalue weighted by Gasteiger charge is -2.32. The summed E-state index contributed by atoms with van der Waals surface area (Å²) in [6.07, 6.45) is 6.47. The van der Waals surface area contributed by atoms with Crippen LogP contribution in [0.5, 0.6) is 0 Å². The molecule has 1 saturated carbocycles. The second kappa shape index (κ2) is 10.0. The number of piperidine rings is 1. The Hall–Kier alpha value is -0.890. The van der Waals surface area contributed by atoms with Crippen LogP contribution in [-0.4, -0.2) is 53.9 Å². The predicted octanol–water partition coefficient (Wildman–Crippen LogP) is 2.58. The lowest BCUT2D eigenvalue weighted by atomic mass is 9.97. The van der Waals surface area contributed by atoms with Crippen LogP contribution in [0, 0.1) is 5.92 Å². The van der Waals surface area contributed by atoms with E-state index in [9.17, 15) is 9.59 Å². The molecule has 0 bridgehead atoms. The Morgan fingerprint density at radius 1 is 1.22 bits per heavy atom. The molecule has 1 aromatic rings. The largest absolute Gasteiger partial charge is 0.354 e. The fourth-order valence-corrected chi connectivity index (χ4v) is 4.72. The molecule has 3 fully saturated rings. The number of nitrogens with one attached hydrogen (secondary N) is 2. The molecule has 1 aliphatic carbocycles. The molecule has 0 radical (unpaired) electrons. The molecule has 2 atom stereocenters. The number of hydrogen-bond acceptors (Lipinski definition) is 5. The summed E-state index contributed by atoms with van der Waals surface area (Å²) in [5.74, 6) is 1.09. The number of amides is 2. The summed E-state index contributed by atoms with van der Waals surface area (Å²) in [6.45, 7) is 3.10. The minimum Gasteiger partial charge on any atom is -0.354 e. The van der Waals surface area contributed by atoms with Gasteiger partial charge in [-0.05, 0) is 51.0 Å². The van der Waals surface area contributed by atoms with Crippen molar-refractivity contribution in [1.29, 1.82) is 0 Å². The average molecular weight is 435 g/mol. The van der Waals surface area contributed by atoms with Gasteiger partial charge in [0.05, 0.1) is 11.0 Å². The van der Waals surface area contributed by atoms with Crippen LogP contribution >= 0.6 is 36.2 Å². The number of aromatic nitrogens is 1. The van der Waals surface area contributed by atoms with E-state index in [1.165, 1.54) is 12.8 Å². The molecule has 0 spiro atoms. The zero-order valence-electron chi connectivity index (χ0n) is 15.3. The summed E-state index contributed by atoms with van der Waals surface area (Å²) in [5, 5.41) is 9.32. The van der Waals surface area contributed by atoms with E-state index in [-0.39, 0.29) is 42.7 Å². The van der Waals surface area contributed by atoms with Crippen LogP contribution in [0.15, 0.2) is 5.38 Å². The van der Waals surface area contributed by atoms with E-state index in [1.807, 2.05) is 10.3 Å². The number of nitrogens with zero attached hydrogens (tertiary/aromatic N) is 2. The Morgan fingerprint density at radius 2 is 2.04 bits per heavy atom. The van der Waals surface area contributed by atoms with E-state index in [0.29, 0.717) is 30.6 Å². The molecular formula is C18H28Cl2N4O2S. The van der Waals surface area contributed by atoms with Crippen molar-refractivity contribution in [3.8, 4) is 0 Å². The Balaban J connectivity index is 0.00000131. The first-order chi connectivity index (χ1) is 12.2. The number of thiazole rings is 1. The zero-order valence-corrected chi connectivity index (χ0v) is 17.8. The van der Waals surface area contributed by atoms with E-state index in [1.54, 1.807) is 11.3 Å². The Kier molecular flexibility index (Phi) is 8.34. The van der Waals surface area contributed by atoms with Crippen LogP contribution in [0.25, 0.3) is 0 Å². The summed E-state index contributed by atoms with van der Waals surface area (Å²) < 4.78 is 0. The van der Waals surface area contributed by atoms with Gasteiger partial charge in [0.15, 0.2) is 0 Å². The first-order valence-corrected chi connectivity index (χ1v) is 10.3. The van der Waals surface area contributed by atoms with Crippen LogP contribution in [-0.2, 0) is 4.79 Å². The van der Waals surface area contributed by atoms with Crippen LogP contribution < -0.4 is 10.6 Å². The third-order valence-electron chi connectivity index (χ3n) is 5.42. The minimum absolute atomic E-state index is 0. The van der Waals surface area contributed by atoms with Crippen molar-refractivity contribution in [2.75, 3.05) is 26.2 Å². The van der Waals surface area contributed by atoms with Crippen LogP contribution in [0.3, 0.4) is 0 Å². The third-order valence-corrected chi connectivity index (χ3v) is 6.42. The molecule has 2 saturated heterocycles. The van der Waals surface area contributed by atoms with Gasteiger partial charge in [0.2, 0.25) is 5.91 Å². The fraction of sp³-hybridized carbons (Fsp3) is 0.722. The van der Waals surface area contributed by atoms with Crippen molar-refractivity contribution in [2.45, 2.75) is 50.5 Å². The molecule has 9 heteroatoms. The standard InChI is InChI=1S/C18H26N4O2S.2ClH/c23-16(14-4-1-7-19-14)20-9-12-3-2-8-22(10-12)18(24)15-11-25-17(21-15)13-5-6-13;;/h11-14,19H,1-10H2,(H,20,23);2*1H. The van der Waals surface area contributed by atoms with Gasteiger partial charge in [-0.25, -0.2) is 4.98 Å². The molecule has 3 heterocycles. The molecule has 152 valence electrons. The molecule has 6 nitrogen and oxygen atoms in total.